The molecule has 104 valence electrons. The van der Waals surface area contributed by atoms with Crippen molar-refractivity contribution in [2.24, 2.45) is 0 Å². The third kappa shape index (κ3) is 2.59. The Bertz CT molecular complexity index is 618. The fourth-order valence-corrected chi connectivity index (χ4v) is 2.67. The van der Waals surface area contributed by atoms with Crippen LogP contribution in [0.1, 0.15) is 40.7 Å². The van der Waals surface area contributed by atoms with Crippen molar-refractivity contribution in [1.82, 2.24) is 10.5 Å². The van der Waals surface area contributed by atoms with Gasteiger partial charge in [0.15, 0.2) is 5.69 Å². The molecule has 1 aliphatic carbocycles. The van der Waals surface area contributed by atoms with Crippen LogP contribution in [0.15, 0.2) is 34.9 Å². The predicted molar refractivity (Wildman–Crippen MR) is 75.6 cm³/mol. The Morgan fingerprint density at radius 1 is 1.40 bits per heavy atom. The fraction of sp³-hybridized carbons (Fsp3) is 0.375. The number of amides is 1. The highest BCUT2D eigenvalue weighted by atomic mass is 16.5. The molecule has 0 bridgehead atoms. The minimum atomic E-state index is -0.141. The van der Waals surface area contributed by atoms with Crippen molar-refractivity contribution in [3.05, 3.63) is 52.9 Å². The summed E-state index contributed by atoms with van der Waals surface area (Å²) in [5.41, 5.74) is 3.10. The summed E-state index contributed by atoms with van der Waals surface area (Å²) in [6, 6.07) is 10.3. The SMILES string of the molecule is CCc1cc(C(=O)NC2CCc3ccccc3C2)no1. The second-order valence-electron chi connectivity index (χ2n) is 5.21. The third-order valence-corrected chi connectivity index (χ3v) is 3.82. The summed E-state index contributed by atoms with van der Waals surface area (Å²) >= 11 is 0. The number of rotatable bonds is 3. The van der Waals surface area contributed by atoms with E-state index in [0.29, 0.717) is 5.69 Å². The number of nitrogens with one attached hydrogen (secondary N) is 1. The first-order valence-corrected chi connectivity index (χ1v) is 7.09. The minimum Gasteiger partial charge on any atom is -0.361 e. The van der Waals surface area contributed by atoms with Gasteiger partial charge in [0, 0.05) is 18.5 Å². The standard InChI is InChI=1S/C16H18N2O2/c1-2-14-10-15(18-20-14)16(19)17-13-8-7-11-5-3-4-6-12(11)9-13/h3-6,10,13H,2,7-9H2,1H3,(H,17,19). The van der Waals surface area contributed by atoms with E-state index in [1.54, 1.807) is 6.07 Å². The second kappa shape index (κ2) is 5.49. The van der Waals surface area contributed by atoms with Gasteiger partial charge in [0.1, 0.15) is 5.76 Å². The van der Waals surface area contributed by atoms with Gasteiger partial charge in [-0.3, -0.25) is 4.79 Å². The third-order valence-electron chi connectivity index (χ3n) is 3.82. The van der Waals surface area contributed by atoms with E-state index in [1.807, 2.05) is 13.0 Å². The lowest BCUT2D eigenvalue weighted by Gasteiger charge is -2.25. The van der Waals surface area contributed by atoms with E-state index in [1.165, 1.54) is 11.1 Å². The normalized spacial score (nSPS) is 17.6. The van der Waals surface area contributed by atoms with Crippen LogP contribution in [-0.4, -0.2) is 17.1 Å². The number of nitrogens with zero attached hydrogens (tertiary/aromatic N) is 1. The Kier molecular flexibility index (Phi) is 3.54. The van der Waals surface area contributed by atoms with Gasteiger partial charge in [-0.05, 0) is 30.4 Å². The average Bonchev–Trinajstić information content (AvgIpc) is 2.96. The van der Waals surface area contributed by atoms with Gasteiger partial charge in [0.25, 0.3) is 5.91 Å². The van der Waals surface area contributed by atoms with E-state index in [2.05, 4.69) is 28.7 Å². The van der Waals surface area contributed by atoms with Gasteiger partial charge in [0.05, 0.1) is 0 Å². The summed E-state index contributed by atoms with van der Waals surface area (Å²) < 4.78 is 5.07. The van der Waals surface area contributed by atoms with Crippen LogP contribution in [0.4, 0.5) is 0 Å². The molecule has 1 aromatic heterocycles. The minimum absolute atomic E-state index is 0.141. The highest BCUT2D eigenvalue weighted by Gasteiger charge is 2.21. The van der Waals surface area contributed by atoms with E-state index < -0.39 is 0 Å². The number of carbonyl (C=O) groups is 1. The summed E-state index contributed by atoms with van der Waals surface area (Å²) in [7, 11) is 0. The van der Waals surface area contributed by atoms with Gasteiger partial charge in [-0.2, -0.15) is 0 Å². The zero-order valence-corrected chi connectivity index (χ0v) is 11.6. The molecule has 0 radical (unpaired) electrons. The van der Waals surface area contributed by atoms with Crippen LogP contribution < -0.4 is 5.32 Å². The lowest BCUT2D eigenvalue weighted by molar-refractivity contribution is 0.0924. The Balaban J connectivity index is 1.66. The molecule has 0 saturated carbocycles. The number of benzene rings is 1. The molecule has 1 aliphatic rings. The van der Waals surface area contributed by atoms with Crippen LogP contribution in [0.25, 0.3) is 0 Å². The smallest absolute Gasteiger partial charge is 0.273 e. The molecule has 0 spiro atoms. The Morgan fingerprint density at radius 3 is 2.95 bits per heavy atom. The summed E-state index contributed by atoms with van der Waals surface area (Å²) in [5, 5.41) is 6.86. The lowest BCUT2D eigenvalue weighted by Crippen LogP contribution is -2.38. The van der Waals surface area contributed by atoms with E-state index >= 15 is 0 Å². The van der Waals surface area contributed by atoms with Gasteiger partial charge < -0.3 is 9.84 Å². The maximum atomic E-state index is 12.1. The zero-order chi connectivity index (χ0) is 13.9. The van der Waals surface area contributed by atoms with E-state index in [-0.39, 0.29) is 11.9 Å². The van der Waals surface area contributed by atoms with Crippen LogP contribution in [0.3, 0.4) is 0 Å². The molecule has 0 aliphatic heterocycles. The van der Waals surface area contributed by atoms with Crippen molar-refractivity contribution in [3.63, 3.8) is 0 Å². The summed E-state index contributed by atoms with van der Waals surface area (Å²) in [4.78, 5) is 12.1. The molecule has 0 fully saturated rings. The van der Waals surface area contributed by atoms with Crippen molar-refractivity contribution in [2.75, 3.05) is 0 Å². The largest absolute Gasteiger partial charge is 0.361 e. The second-order valence-corrected chi connectivity index (χ2v) is 5.21. The molecule has 1 atom stereocenters. The molecule has 4 nitrogen and oxygen atoms in total. The van der Waals surface area contributed by atoms with Crippen LogP contribution >= 0.6 is 0 Å². The molecule has 1 heterocycles. The quantitative estimate of drug-likeness (QED) is 0.932. The molecule has 3 rings (SSSR count). The highest BCUT2D eigenvalue weighted by Crippen LogP contribution is 2.21. The van der Waals surface area contributed by atoms with Crippen molar-refractivity contribution in [1.29, 1.82) is 0 Å². The van der Waals surface area contributed by atoms with Gasteiger partial charge in [-0.25, -0.2) is 0 Å². The molecule has 1 aromatic carbocycles. The topological polar surface area (TPSA) is 55.1 Å². The fourth-order valence-electron chi connectivity index (χ4n) is 2.67. The van der Waals surface area contributed by atoms with Crippen molar-refractivity contribution >= 4 is 5.91 Å². The summed E-state index contributed by atoms with van der Waals surface area (Å²) in [5.74, 6) is 0.599. The number of carbonyl (C=O) groups excluding carboxylic acids is 1. The number of fused-ring (bicyclic) bond motifs is 1. The molecule has 4 heteroatoms. The number of hydrogen-bond acceptors (Lipinski definition) is 3. The Labute approximate surface area is 118 Å². The van der Waals surface area contributed by atoms with E-state index in [4.69, 9.17) is 4.52 Å². The van der Waals surface area contributed by atoms with E-state index in [9.17, 15) is 4.79 Å². The number of aromatic nitrogens is 1. The van der Waals surface area contributed by atoms with Crippen molar-refractivity contribution in [3.8, 4) is 0 Å². The van der Waals surface area contributed by atoms with Crippen LogP contribution in [0, 0.1) is 0 Å². The highest BCUT2D eigenvalue weighted by molar-refractivity contribution is 5.92. The zero-order valence-electron chi connectivity index (χ0n) is 11.6. The number of hydrogen-bond donors (Lipinski definition) is 1. The van der Waals surface area contributed by atoms with Crippen LogP contribution in [-0.2, 0) is 19.3 Å². The van der Waals surface area contributed by atoms with Gasteiger partial charge >= 0.3 is 0 Å². The van der Waals surface area contributed by atoms with Crippen LogP contribution in [0.5, 0.6) is 0 Å². The molecular weight excluding hydrogens is 252 g/mol. The molecular formula is C16H18N2O2. The Hall–Kier alpha value is -2.10. The molecule has 1 amide bonds. The molecule has 20 heavy (non-hydrogen) atoms. The summed E-state index contributed by atoms with van der Waals surface area (Å²) in [6.45, 7) is 1.97. The molecule has 0 saturated heterocycles. The average molecular weight is 270 g/mol. The van der Waals surface area contributed by atoms with Gasteiger partial charge in [-0.15, -0.1) is 0 Å². The first kappa shape index (κ1) is 12.9. The molecule has 1 unspecified atom stereocenters. The monoisotopic (exact) mass is 270 g/mol. The molecule has 1 N–H and O–H groups in total. The maximum absolute atomic E-state index is 12.1. The van der Waals surface area contributed by atoms with Gasteiger partial charge in [0.2, 0.25) is 0 Å². The molecule has 2 aromatic rings. The first-order valence-electron chi connectivity index (χ1n) is 7.09. The summed E-state index contributed by atoms with van der Waals surface area (Å²) in [6.07, 6.45) is 3.62. The first-order chi connectivity index (χ1) is 9.76. The van der Waals surface area contributed by atoms with Gasteiger partial charge in [-0.1, -0.05) is 36.3 Å². The van der Waals surface area contributed by atoms with Crippen molar-refractivity contribution in [2.45, 2.75) is 38.6 Å². The lowest BCUT2D eigenvalue weighted by atomic mass is 9.88. The number of aryl methyl sites for hydroxylation is 2. The van der Waals surface area contributed by atoms with Crippen molar-refractivity contribution < 1.29 is 9.32 Å². The Morgan fingerprint density at radius 2 is 2.20 bits per heavy atom. The van der Waals surface area contributed by atoms with Crippen LogP contribution in [0.2, 0.25) is 0 Å². The van der Waals surface area contributed by atoms with E-state index in [0.717, 1.165) is 31.4 Å². The predicted octanol–water partition coefficient (Wildman–Crippen LogP) is 2.52. The maximum Gasteiger partial charge on any atom is 0.273 e.